The molecule has 2 atom stereocenters. The zero-order valence-electron chi connectivity index (χ0n) is 12.6. The second-order valence-corrected chi connectivity index (χ2v) is 5.10. The summed E-state index contributed by atoms with van der Waals surface area (Å²) >= 11 is 0. The molecular weight excluding hydrogens is 232 g/mol. The summed E-state index contributed by atoms with van der Waals surface area (Å²) in [6.07, 6.45) is 14.2. The Morgan fingerprint density at radius 1 is 1.00 bits per heavy atom. The van der Waals surface area contributed by atoms with E-state index in [1.54, 1.807) is 6.20 Å². The lowest BCUT2D eigenvalue weighted by atomic mass is 9.98. The van der Waals surface area contributed by atoms with Crippen LogP contribution in [-0.4, -0.2) is 12.4 Å². The van der Waals surface area contributed by atoms with Crippen molar-refractivity contribution in [2.24, 2.45) is 21.8 Å². The quantitative estimate of drug-likeness (QED) is 0.599. The third kappa shape index (κ3) is 5.64. The van der Waals surface area contributed by atoms with Gasteiger partial charge in [0.15, 0.2) is 0 Å². The van der Waals surface area contributed by atoms with Crippen molar-refractivity contribution in [1.29, 1.82) is 0 Å². The minimum absolute atomic E-state index is 0.324. The van der Waals surface area contributed by atoms with E-state index >= 15 is 0 Å². The molecule has 1 aliphatic heterocycles. The van der Waals surface area contributed by atoms with Crippen LogP contribution in [0.15, 0.2) is 57.3 Å². The van der Waals surface area contributed by atoms with Gasteiger partial charge in [-0.1, -0.05) is 49.3 Å². The number of hydrogen-bond acceptors (Lipinski definition) is 2. The third-order valence-electron chi connectivity index (χ3n) is 3.26. The van der Waals surface area contributed by atoms with Crippen LogP contribution in [0.3, 0.4) is 0 Å². The predicted octanol–water partition coefficient (Wildman–Crippen LogP) is 4.72. The molecule has 0 amide bonds. The fourth-order valence-corrected chi connectivity index (χ4v) is 1.64. The Labute approximate surface area is 117 Å². The molecule has 0 aromatic heterocycles. The Morgan fingerprint density at radius 3 is 2.47 bits per heavy atom. The predicted molar refractivity (Wildman–Crippen MR) is 85.7 cm³/mol. The van der Waals surface area contributed by atoms with Crippen molar-refractivity contribution in [1.82, 2.24) is 0 Å². The van der Waals surface area contributed by atoms with E-state index in [2.05, 4.69) is 62.0 Å². The van der Waals surface area contributed by atoms with Gasteiger partial charge in [-0.25, -0.2) is 0 Å². The van der Waals surface area contributed by atoms with E-state index in [1.165, 1.54) is 11.1 Å². The van der Waals surface area contributed by atoms with Crippen LogP contribution >= 0.6 is 0 Å². The van der Waals surface area contributed by atoms with Gasteiger partial charge in [0.2, 0.25) is 0 Å². The second-order valence-electron chi connectivity index (χ2n) is 5.10. The van der Waals surface area contributed by atoms with E-state index in [0.29, 0.717) is 11.8 Å². The summed E-state index contributed by atoms with van der Waals surface area (Å²) in [5, 5.41) is 0. The number of hydrogen-bond donors (Lipinski definition) is 0. The average Bonchev–Trinajstić information content (AvgIpc) is 2.38. The van der Waals surface area contributed by atoms with Crippen LogP contribution in [0.4, 0.5) is 0 Å². The van der Waals surface area contributed by atoms with Crippen LogP contribution in [0.2, 0.25) is 0 Å². The summed E-state index contributed by atoms with van der Waals surface area (Å²) in [6.45, 7) is 10.5. The summed E-state index contributed by atoms with van der Waals surface area (Å²) in [4.78, 5) is 8.74. The van der Waals surface area contributed by atoms with Crippen LogP contribution in [0.5, 0.6) is 0 Å². The molecule has 0 saturated heterocycles. The molecule has 2 unspecified atom stereocenters. The van der Waals surface area contributed by atoms with Crippen molar-refractivity contribution in [3.63, 3.8) is 0 Å². The van der Waals surface area contributed by atoms with Gasteiger partial charge < -0.3 is 0 Å². The molecule has 1 heterocycles. The Bertz CT molecular complexity index is 473. The van der Waals surface area contributed by atoms with Crippen molar-refractivity contribution in [2.75, 3.05) is 0 Å². The maximum absolute atomic E-state index is 4.45. The van der Waals surface area contributed by atoms with Crippen LogP contribution in [0.1, 0.15) is 34.6 Å². The molecule has 102 valence electrons. The Balaban J connectivity index is 3.08. The summed E-state index contributed by atoms with van der Waals surface area (Å²) in [5.74, 6) is 0.660. The Morgan fingerprint density at radius 2 is 1.74 bits per heavy atom. The summed E-state index contributed by atoms with van der Waals surface area (Å²) in [7, 11) is 0. The van der Waals surface area contributed by atoms with E-state index in [0.717, 1.165) is 5.70 Å². The lowest BCUT2D eigenvalue weighted by Gasteiger charge is -2.09. The molecular formula is C17H24N2. The molecule has 0 fully saturated rings. The minimum atomic E-state index is 0.324. The van der Waals surface area contributed by atoms with Gasteiger partial charge in [-0.15, -0.1) is 0 Å². The Hall–Kier alpha value is -1.70. The molecule has 0 N–H and O–H groups in total. The van der Waals surface area contributed by atoms with Gasteiger partial charge in [0.05, 0.1) is 5.70 Å². The zero-order valence-corrected chi connectivity index (χ0v) is 12.6. The highest BCUT2D eigenvalue weighted by molar-refractivity contribution is 5.67. The fraction of sp³-hybridized carbons (Fsp3) is 0.412. The molecule has 2 nitrogen and oxygen atoms in total. The molecule has 0 spiro atoms. The standard InChI is InChI=1S/C17H24N2/c1-13-8-6-7-9-14(2)17(5)15(3)11-19-16(4)12-18-10-13/h6-13,15H,1-5H3/b8-6+,9-7-,16-12-,17-14-,18-10-,19-11-. The molecule has 0 aliphatic carbocycles. The van der Waals surface area contributed by atoms with Crippen molar-refractivity contribution < 1.29 is 0 Å². The molecule has 0 bridgehead atoms. The maximum Gasteiger partial charge on any atom is 0.0551 e. The lowest BCUT2D eigenvalue weighted by molar-refractivity contribution is 0.915. The van der Waals surface area contributed by atoms with Crippen molar-refractivity contribution in [3.8, 4) is 0 Å². The fourth-order valence-electron chi connectivity index (χ4n) is 1.64. The maximum atomic E-state index is 4.45. The highest BCUT2D eigenvalue weighted by atomic mass is 14.8. The van der Waals surface area contributed by atoms with Crippen LogP contribution < -0.4 is 0 Å². The molecule has 19 heavy (non-hydrogen) atoms. The lowest BCUT2D eigenvalue weighted by Crippen LogP contribution is -2.00. The molecule has 0 saturated carbocycles. The normalized spacial score (nSPS) is 38.7. The van der Waals surface area contributed by atoms with E-state index in [1.807, 2.05) is 19.4 Å². The largest absolute Gasteiger partial charge is 0.267 e. The highest BCUT2D eigenvalue weighted by Gasteiger charge is 2.03. The molecule has 0 aromatic rings. The van der Waals surface area contributed by atoms with E-state index < -0.39 is 0 Å². The molecule has 1 aliphatic rings. The van der Waals surface area contributed by atoms with E-state index in [-0.39, 0.29) is 0 Å². The summed E-state index contributed by atoms with van der Waals surface area (Å²) < 4.78 is 0. The van der Waals surface area contributed by atoms with Gasteiger partial charge in [-0.2, -0.15) is 0 Å². The van der Waals surface area contributed by atoms with Gasteiger partial charge in [0.1, 0.15) is 0 Å². The SMILES string of the molecule is CC1=C/N=C\C(C)/C=C/C=C\C(C)=C(\C)C(C)/C=N\1. The summed E-state index contributed by atoms with van der Waals surface area (Å²) in [5.41, 5.74) is 3.57. The van der Waals surface area contributed by atoms with Gasteiger partial charge in [0, 0.05) is 30.5 Å². The average molecular weight is 256 g/mol. The monoisotopic (exact) mass is 256 g/mol. The smallest absolute Gasteiger partial charge is 0.0551 e. The number of aliphatic imine (C=N–C) groups is 2. The first-order valence-corrected chi connectivity index (χ1v) is 6.77. The van der Waals surface area contributed by atoms with Crippen molar-refractivity contribution in [3.05, 3.63) is 47.3 Å². The first-order chi connectivity index (χ1) is 9.00. The first kappa shape index (κ1) is 15.4. The third-order valence-corrected chi connectivity index (χ3v) is 3.26. The second kappa shape index (κ2) is 7.67. The number of allylic oxidation sites excluding steroid dienone is 7. The van der Waals surface area contributed by atoms with E-state index in [4.69, 9.17) is 0 Å². The Kier molecular flexibility index (Phi) is 6.20. The number of rotatable bonds is 0. The zero-order chi connectivity index (χ0) is 14.3. The van der Waals surface area contributed by atoms with Crippen molar-refractivity contribution >= 4 is 12.4 Å². The molecule has 2 heteroatoms. The van der Waals surface area contributed by atoms with Gasteiger partial charge in [-0.05, 0) is 20.8 Å². The van der Waals surface area contributed by atoms with Crippen molar-refractivity contribution in [2.45, 2.75) is 34.6 Å². The van der Waals surface area contributed by atoms with Gasteiger partial charge in [-0.3, -0.25) is 9.98 Å². The van der Waals surface area contributed by atoms with Gasteiger partial charge >= 0.3 is 0 Å². The van der Waals surface area contributed by atoms with Crippen LogP contribution in [-0.2, 0) is 0 Å². The first-order valence-electron chi connectivity index (χ1n) is 6.77. The molecule has 0 radical (unpaired) electrons. The highest BCUT2D eigenvalue weighted by Crippen LogP contribution is 2.15. The van der Waals surface area contributed by atoms with Gasteiger partial charge in [0.25, 0.3) is 0 Å². The molecule has 1 rings (SSSR count). The topological polar surface area (TPSA) is 24.7 Å². The van der Waals surface area contributed by atoms with Crippen LogP contribution in [0, 0.1) is 11.8 Å². The summed E-state index contributed by atoms with van der Waals surface area (Å²) in [6, 6.07) is 0. The minimum Gasteiger partial charge on any atom is -0.267 e. The number of nitrogens with zero attached hydrogens (tertiary/aromatic N) is 2. The van der Waals surface area contributed by atoms with E-state index in [9.17, 15) is 0 Å². The molecule has 0 aromatic carbocycles. The van der Waals surface area contributed by atoms with Crippen LogP contribution in [0.25, 0.3) is 0 Å².